The highest BCUT2D eigenvalue weighted by Gasteiger charge is 2.24. The molecule has 1 fully saturated rings. The Bertz CT molecular complexity index is 1410. The average Bonchev–Trinajstić information content (AvgIpc) is 3.12. The van der Waals surface area contributed by atoms with E-state index >= 15 is 0 Å². The predicted molar refractivity (Wildman–Crippen MR) is 106 cm³/mol. The van der Waals surface area contributed by atoms with Crippen LogP contribution in [0.5, 0.6) is 0 Å². The molecule has 1 aliphatic rings. The van der Waals surface area contributed by atoms with E-state index in [9.17, 15) is 22.8 Å². The highest BCUT2D eigenvalue weighted by molar-refractivity contribution is 5.94. The Balaban J connectivity index is 1.92. The summed E-state index contributed by atoms with van der Waals surface area (Å²) in [6, 6.07) is 5.42. The number of aromatic amines is 1. The molecule has 6 nitrogen and oxygen atoms in total. The number of rotatable bonds is 2. The fourth-order valence-corrected chi connectivity index (χ4v) is 4.09. The van der Waals surface area contributed by atoms with Crippen molar-refractivity contribution < 1.29 is 17.7 Å². The summed E-state index contributed by atoms with van der Waals surface area (Å²) in [5.74, 6) is -2.31. The second-order valence-electron chi connectivity index (χ2n) is 7.34. The lowest BCUT2D eigenvalue weighted by Crippen LogP contribution is -2.30. The van der Waals surface area contributed by atoms with Crippen molar-refractivity contribution in [2.24, 2.45) is 0 Å². The zero-order valence-corrected chi connectivity index (χ0v) is 15.7. The van der Waals surface area contributed by atoms with Gasteiger partial charge >= 0.3 is 0 Å². The number of piperidine rings is 1. The van der Waals surface area contributed by atoms with Crippen molar-refractivity contribution in [2.75, 3.05) is 18.0 Å². The number of aromatic nitrogens is 2. The highest BCUT2D eigenvalue weighted by atomic mass is 19.1. The van der Waals surface area contributed by atoms with Crippen molar-refractivity contribution in [1.29, 1.82) is 0 Å². The Hall–Kier alpha value is -3.49. The van der Waals surface area contributed by atoms with Crippen LogP contribution in [0.3, 0.4) is 0 Å². The first-order valence-corrected chi connectivity index (χ1v) is 9.55. The van der Waals surface area contributed by atoms with Crippen LogP contribution >= 0.6 is 0 Å². The number of hydrogen-bond donors (Lipinski definition) is 1. The summed E-state index contributed by atoms with van der Waals surface area (Å²) in [6.45, 7) is 1.30. The lowest BCUT2D eigenvalue weighted by molar-refractivity contribution is 0.436. The molecule has 0 amide bonds. The summed E-state index contributed by atoms with van der Waals surface area (Å²) in [7, 11) is 0. The van der Waals surface area contributed by atoms with Crippen LogP contribution in [0.15, 0.2) is 44.4 Å². The molecule has 2 aromatic carbocycles. The monoisotopic (exact) mass is 415 g/mol. The first-order valence-electron chi connectivity index (χ1n) is 9.55. The molecule has 9 heteroatoms. The quantitative estimate of drug-likeness (QED) is 0.540. The Morgan fingerprint density at radius 3 is 2.37 bits per heavy atom. The molecule has 0 atom stereocenters. The van der Waals surface area contributed by atoms with Crippen LogP contribution in [-0.2, 0) is 0 Å². The molecule has 0 spiro atoms. The standard InChI is InChI=1S/C21H16F3N3O3/c22-11-4-5-15(13(23)8-11)27-16-10-17(26-6-2-1-3-7-26)14(24)9-12(16)19(28)18-20(29)25-30-21(18)27/h4-5,8-10H,1-3,6-7H2,(H,25,29). The zero-order valence-electron chi connectivity index (χ0n) is 15.7. The Labute approximate surface area is 167 Å². The van der Waals surface area contributed by atoms with Crippen LogP contribution in [0.4, 0.5) is 18.9 Å². The van der Waals surface area contributed by atoms with Crippen molar-refractivity contribution in [1.82, 2.24) is 9.72 Å². The van der Waals surface area contributed by atoms with Crippen LogP contribution in [0, 0.1) is 17.5 Å². The number of hydrogen-bond acceptors (Lipinski definition) is 4. The van der Waals surface area contributed by atoms with Gasteiger partial charge in [0, 0.05) is 19.2 Å². The van der Waals surface area contributed by atoms with Gasteiger partial charge in [-0.2, -0.15) is 5.16 Å². The fourth-order valence-electron chi connectivity index (χ4n) is 4.09. The lowest BCUT2D eigenvalue weighted by Gasteiger charge is -2.29. The maximum Gasteiger partial charge on any atom is 0.293 e. The Kier molecular flexibility index (Phi) is 4.19. The minimum atomic E-state index is -0.922. The van der Waals surface area contributed by atoms with Crippen LogP contribution in [0.1, 0.15) is 19.3 Å². The van der Waals surface area contributed by atoms with E-state index in [0.29, 0.717) is 19.2 Å². The molecule has 0 aliphatic carbocycles. The minimum Gasteiger partial charge on any atom is -0.369 e. The Morgan fingerprint density at radius 1 is 0.900 bits per heavy atom. The van der Waals surface area contributed by atoms with Gasteiger partial charge in [0.1, 0.15) is 17.5 Å². The number of halogens is 3. The average molecular weight is 415 g/mol. The molecule has 2 aromatic heterocycles. The molecule has 1 aliphatic heterocycles. The van der Waals surface area contributed by atoms with Gasteiger partial charge in [-0.1, -0.05) is 0 Å². The number of fused-ring (bicyclic) bond motifs is 2. The molecule has 3 heterocycles. The number of H-pyrrole nitrogens is 1. The molecule has 0 saturated carbocycles. The van der Waals surface area contributed by atoms with E-state index < -0.39 is 28.4 Å². The van der Waals surface area contributed by atoms with E-state index in [1.54, 1.807) is 0 Å². The van der Waals surface area contributed by atoms with Gasteiger partial charge in [0.15, 0.2) is 5.39 Å². The third-order valence-corrected chi connectivity index (χ3v) is 5.51. The van der Waals surface area contributed by atoms with Gasteiger partial charge in [-0.3, -0.25) is 14.2 Å². The fraction of sp³-hybridized carbons (Fsp3) is 0.238. The number of nitrogens with zero attached hydrogens (tertiary/aromatic N) is 2. The summed E-state index contributed by atoms with van der Waals surface area (Å²) >= 11 is 0. The van der Waals surface area contributed by atoms with Crippen molar-refractivity contribution >= 4 is 27.7 Å². The van der Waals surface area contributed by atoms with Crippen molar-refractivity contribution in [2.45, 2.75) is 19.3 Å². The number of benzene rings is 2. The molecule has 0 radical (unpaired) electrons. The molecule has 30 heavy (non-hydrogen) atoms. The second-order valence-corrected chi connectivity index (χ2v) is 7.34. The molecule has 0 unspecified atom stereocenters. The van der Waals surface area contributed by atoms with E-state index in [-0.39, 0.29) is 33.4 Å². The largest absolute Gasteiger partial charge is 0.369 e. The van der Waals surface area contributed by atoms with E-state index in [2.05, 4.69) is 5.16 Å². The van der Waals surface area contributed by atoms with Crippen molar-refractivity contribution in [3.05, 3.63) is 68.4 Å². The van der Waals surface area contributed by atoms with Crippen molar-refractivity contribution in [3.8, 4) is 5.69 Å². The number of pyridine rings is 1. The second kappa shape index (κ2) is 6.79. The molecule has 154 valence electrons. The van der Waals surface area contributed by atoms with Crippen LogP contribution in [0.2, 0.25) is 0 Å². The van der Waals surface area contributed by atoms with E-state index in [4.69, 9.17) is 4.52 Å². The van der Waals surface area contributed by atoms with Gasteiger partial charge in [-0.05, 0) is 43.5 Å². The SMILES string of the molecule is O=c1[nH]oc2c1c(=O)c1cc(F)c(N3CCCCC3)cc1n2-c1ccc(F)cc1F. The van der Waals surface area contributed by atoms with Gasteiger partial charge in [-0.15, -0.1) is 0 Å². The molecular weight excluding hydrogens is 399 g/mol. The van der Waals surface area contributed by atoms with E-state index in [1.807, 2.05) is 4.90 Å². The summed E-state index contributed by atoms with van der Waals surface area (Å²) in [5.41, 5.74) is -1.46. The maximum absolute atomic E-state index is 15.0. The van der Waals surface area contributed by atoms with Crippen LogP contribution < -0.4 is 15.9 Å². The van der Waals surface area contributed by atoms with Crippen LogP contribution in [-0.4, -0.2) is 22.8 Å². The summed E-state index contributed by atoms with van der Waals surface area (Å²) < 4.78 is 49.5. The molecule has 1 N–H and O–H groups in total. The first-order chi connectivity index (χ1) is 14.5. The predicted octanol–water partition coefficient (Wildman–Crippen LogP) is 3.83. The van der Waals surface area contributed by atoms with Gasteiger partial charge < -0.3 is 9.42 Å². The topological polar surface area (TPSA) is 71.2 Å². The summed E-state index contributed by atoms with van der Waals surface area (Å²) in [5, 5.41) is 1.61. The lowest BCUT2D eigenvalue weighted by atomic mass is 10.1. The zero-order chi connectivity index (χ0) is 21.0. The first kappa shape index (κ1) is 18.5. The van der Waals surface area contributed by atoms with Crippen LogP contribution in [0.25, 0.3) is 27.7 Å². The van der Waals surface area contributed by atoms with E-state index in [1.165, 1.54) is 16.7 Å². The van der Waals surface area contributed by atoms with Crippen molar-refractivity contribution in [3.63, 3.8) is 0 Å². The summed E-state index contributed by atoms with van der Waals surface area (Å²) in [4.78, 5) is 26.9. The van der Waals surface area contributed by atoms with E-state index in [0.717, 1.165) is 31.4 Å². The maximum atomic E-state index is 15.0. The molecule has 1 saturated heterocycles. The minimum absolute atomic E-state index is 0.101. The van der Waals surface area contributed by atoms with Gasteiger partial charge in [0.2, 0.25) is 11.1 Å². The third-order valence-electron chi connectivity index (χ3n) is 5.51. The Morgan fingerprint density at radius 2 is 1.63 bits per heavy atom. The third kappa shape index (κ3) is 2.72. The molecule has 5 rings (SSSR count). The van der Waals surface area contributed by atoms with Gasteiger partial charge in [-0.25, -0.2) is 13.2 Å². The number of nitrogens with one attached hydrogen (secondary N) is 1. The number of anilines is 1. The molecule has 0 bridgehead atoms. The smallest absolute Gasteiger partial charge is 0.293 e. The summed E-state index contributed by atoms with van der Waals surface area (Å²) in [6.07, 6.45) is 2.86. The van der Waals surface area contributed by atoms with Gasteiger partial charge in [0.05, 0.1) is 22.3 Å². The normalized spacial score (nSPS) is 14.7. The molecular formula is C21H16F3N3O3. The van der Waals surface area contributed by atoms with Gasteiger partial charge in [0.25, 0.3) is 5.56 Å². The molecule has 4 aromatic rings. The highest BCUT2D eigenvalue weighted by Crippen LogP contribution is 2.31.